The first-order valence-electron chi connectivity index (χ1n) is 10.4. The van der Waals surface area contributed by atoms with Crippen molar-refractivity contribution in [3.63, 3.8) is 0 Å². The number of nitrogens with zero attached hydrogens (tertiary/aromatic N) is 2. The van der Waals surface area contributed by atoms with Crippen molar-refractivity contribution in [3.05, 3.63) is 23.8 Å². The molecule has 4 heteroatoms. The minimum atomic E-state index is 0.732. The highest BCUT2D eigenvalue weighted by Crippen LogP contribution is 2.25. The number of nitrogens with one attached hydrogen (secondary N) is 1. The molecule has 3 N–H and O–H groups in total. The van der Waals surface area contributed by atoms with Crippen LogP contribution in [0.4, 0.5) is 11.4 Å². The van der Waals surface area contributed by atoms with Crippen molar-refractivity contribution in [3.8, 4) is 0 Å². The Bertz CT molecular complexity index is 469. The van der Waals surface area contributed by atoms with Crippen LogP contribution in [-0.2, 0) is 0 Å². The molecule has 0 spiro atoms. The van der Waals surface area contributed by atoms with Crippen molar-refractivity contribution < 1.29 is 0 Å². The second-order valence-electron chi connectivity index (χ2n) is 6.07. The monoisotopic (exact) mass is 364 g/mol. The summed E-state index contributed by atoms with van der Waals surface area (Å²) < 4.78 is 0. The van der Waals surface area contributed by atoms with Crippen molar-refractivity contribution >= 4 is 17.2 Å². The van der Waals surface area contributed by atoms with E-state index in [1.165, 1.54) is 17.7 Å². The number of aryl methyl sites for hydroxylation is 1. The molecule has 0 saturated heterocycles. The Morgan fingerprint density at radius 2 is 1.77 bits per heavy atom. The molecule has 0 aromatic heterocycles. The van der Waals surface area contributed by atoms with Crippen molar-refractivity contribution in [1.82, 2.24) is 5.32 Å². The number of hydrogen-bond donors (Lipinski definition) is 2. The zero-order chi connectivity index (χ0) is 20.4. The number of amidine groups is 1. The van der Waals surface area contributed by atoms with Gasteiger partial charge in [-0.3, -0.25) is 0 Å². The van der Waals surface area contributed by atoms with E-state index in [-0.39, 0.29) is 0 Å². The molecule has 26 heavy (non-hydrogen) atoms. The standard InChI is InChI=1S/C17H30N4.C3H8.C2H6/c1-5-7-8-17(18)20-16-10-9-15(13-14(16)3)21(6-2)12-11-19-4;1-3-2;1-2/h9-10,13,19H,5-8,11-12H2,1-4H3,(H2,18,20);3H2,1-2H3;1-2H3. The molecular formula is C22H44N4. The molecule has 1 aromatic carbocycles. The van der Waals surface area contributed by atoms with Crippen LogP contribution in [0.3, 0.4) is 0 Å². The number of rotatable bonds is 9. The fourth-order valence-corrected chi connectivity index (χ4v) is 2.25. The first kappa shape index (κ1) is 26.7. The second-order valence-corrected chi connectivity index (χ2v) is 6.07. The van der Waals surface area contributed by atoms with Gasteiger partial charge in [-0.15, -0.1) is 0 Å². The second kappa shape index (κ2) is 18.2. The smallest absolute Gasteiger partial charge is 0.0996 e. The molecular weight excluding hydrogens is 320 g/mol. The fraction of sp³-hybridized carbons (Fsp3) is 0.682. The maximum atomic E-state index is 5.98. The normalized spacial score (nSPS) is 10.4. The number of unbranched alkanes of at least 4 members (excludes halogenated alkanes) is 1. The average molecular weight is 365 g/mol. The van der Waals surface area contributed by atoms with Gasteiger partial charge in [-0.1, -0.05) is 47.5 Å². The molecule has 0 aliphatic rings. The highest BCUT2D eigenvalue weighted by molar-refractivity contribution is 5.83. The van der Waals surface area contributed by atoms with Crippen molar-refractivity contribution in [2.75, 3.05) is 31.6 Å². The van der Waals surface area contributed by atoms with Crippen LogP contribution >= 0.6 is 0 Å². The molecule has 0 aliphatic carbocycles. The Balaban J connectivity index is 0. The predicted molar refractivity (Wildman–Crippen MR) is 121 cm³/mol. The minimum absolute atomic E-state index is 0.732. The van der Waals surface area contributed by atoms with Crippen LogP contribution in [-0.4, -0.2) is 32.5 Å². The molecule has 1 aromatic rings. The van der Waals surface area contributed by atoms with Crippen LogP contribution in [0.5, 0.6) is 0 Å². The lowest BCUT2D eigenvalue weighted by Crippen LogP contribution is -2.30. The van der Waals surface area contributed by atoms with Crippen LogP contribution in [0, 0.1) is 6.92 Å². The van der Waals surface area contributed by atoms with Gasteiger partial charge in [0.2, 0.25) is 0 Å². The van der Waals surface area contributed by atoms with Crippen molar-refractivity contribution in [2.24, 2.45) is 10.7 Å². The Kier molecular flexibility index (Phi) is 18.7. The Morgan fingerprint density at radius 1 is 1.15 bits per heavy atom. The third kappa shape index (κ3) is 11.9. The van der Waals surface area contributed by atoms with E-state index in [4.69, 9.17) is 5.73 Å². The van der Waals surface area contributed by atoms with Gasteiger partial charge in [0.25, 0.3) is 0 Å². The first-order chi connectivity index (χ1) is 12.5. The quantitative estimate of drug-likeness (QED) is 0.439. The van der Waals surface area contributed by atoms with Gasteiger partial charge in [0, 0.05) is 31.7 Å². The van der Waals surface area contributed by atoms with Crippen LogP contribution in [0.15, 0.2) is 23.2 Å². The van der Waals surface area contributed by atoms with E-state index >= 15 is 0 Å². The molecule has 0 amide bonds. The Morgan fingerprint density at radius 3 is 2.23 bits per heavy atom. The number of nitrogens with two attached hydrogens (primary N) is 1. The van der Waals surface area contributed by atoms with E-state index in [2.05, 4.69) is 68.0 Å². The highest BCUT2D eigenvalue weighted by Gasteiger charge is 2.06. The maximum absolute atomic E-state index is 5.98. The van der Waals surface area contributed by atoms with E-state index in [9.17, 15) is 0 Å². The van der Waals surface area contributed by atoms with Gasteiger partial charge in [-0.2, -0.15) is 0 Å². The molecule has 0 radical (unpaired) electrons. The van der Waals surface area contributed by atoms with Crippen LogP contribution in [0.1, 0.15) is 72.8 Å². The summed E-state index contributed by atoms with van der Waals surface area (Å²) in [5.74, 6) is 0.732. The summed E-state index contributed by atoms with van der Waals surface area (Å²) in [5, 5.41) is 3.19. The summed E-state index contributed by atoms with van der Waals surface area (Å²) in [6.45, 7) is 17.7. The average Bonchev–Trinajstić information content (AvgIpc) is 2.65. The lowest BCUT2D eigenvalue weighted by molar-refractivity contribution is 0.736. The number of benzene rings is 1. The van der Waals surface area contributed by atoms with Crippen LogP contribution in [0.25, 0.3) is 0 Å². The summed E-state index contributed by atoms with van der Waals surface area (Å²) in [4.78, 5) is 6.91. The zero-order valence-corrected chi connectivity index (χ0v) is 18.7. The molecule has 0 saturated carbocycles. The van der Waals surface area contributed by atoms with E-state index < -0.39 is 0 Å². The SMILES string of the molecule is CC.CCC.CCCCC(N)=Nc1ccc(N(CC)CCNC)cc1C. The van der Waals surface area contributed by atoms with Gasteiger partial charge in [0.05, 0.1) is 11.5 Å². The first-order valence-corrected chi connectivity index (χ1v) is 10.4. The van der Waals surface area contributed by atoms with E-state index in [1.807, 2.05) is 20.9 Å². The molecule has 0 unspecified atom stereocenters. The maximum Gasteiger partial charge on any atom is 0.0996 e. The molecule has 1 rings (SSSR count). The van der Waals surface area contributed by atoms with Gasteiger partial charge >= 0.3 is 0 Å². The molecule has 0 heterocycles. The van der Waals surface area contributed by atoms with Gasteiger partial charge < -0.3 is 16.0 Å². The molecule has 4 nitrogen and oxygen atoms in total. The van der Waals surface area contributed by atoms with E-state index in [1.54, 1.807) is 0 Å². The van der Waals surface area contributed by atoms with Crippen molar-refractivity contribution in [2.45, 2.75) is 74.1 Å². The third-order valence-electron chi connectivity index (χ3n) is 3.61. The predicted octanol–water partition coefficient (Wildman–Crippen LogP) is 5.66. The number of aliphatic imine (C=N–C) groups is 1. The van der Waals surface area contributed by atoms with Crippen molar-refractivity contribution in [1.29, 1.82) is 0 Å². The molecule has 0 atom stereocenters. The van der Waals surface area contributed by atoms with Gasteiger partial charge in [-0.25, -0.2) is 4.99 Å². The molecule has 152 valence electrons. The van der Waals surface area contributed by atoms with Crippen LogP contribution in [0.2, 0.25) is 0 Å². The number of anilines is 1. The summed E-state index contributed by atoms with van der Waals surface area (Å²) >= 11 is 0. The topological polar surface area (TPSA) is 53.6 Å². The van der Waals surface area contributed by atoms with Gasteiger partial charge in [-0.05, 0) is 51.1 Å². The Hall–Kier alpha value is -1.55. The highest BCUT2D eigenvalue weighted by atomic mass is 15.1. The Labute approximate surface area is 163 Å². The largest absolute Gasteiger partial charge is 0.387 e. The van der Waals surface area contributed by atoms with Gasteiger partial charge in [0.1, 0.15) is 0 Å². The van der Waals surface area contributed by atoms with E-state index in [0.29, 0.717) is 0 Å². The number of likely N-dealkylation sites (N-methyl/N-ethyl adjacent to an activating group) is 2. The molecule has 0 fully saturated rings. The lowest BCUT2D eigenvalue weighted by Gasteiger charge is -2.23. The summed E-state index contributed by atoms with van der Waals surface area (Å²) in [5.41, 5.74) is 9.39. The summed E-state index contributed by atoms with van der Waals surface area (Å²) in [6.07, 6.45) is 4.37. The summed E-state index contributed by atoms with van der Waals surface area (Å²) in [7, 11) is 1.98. The lowest BCUT2D eigenvalue weighted by atomic mass is 10.1. The zero-order valence-electron chi connectivity index (χ0n) is 18.7. The molecule has 0 aliphatic heterocycles. The minimum Gasteiger partial charge on any atom is -0.387 e. The fourth-order valence-electron chi connectivity index (χ4n) is 2.25. The molecule has 0 bridgehead atoms. The summed E-state index contributed by atoms with van der Waals surface area (Å²) in [6, 6.07) is 6.41. The third-order valence-corrected chi connectivity index (χ3v) is 3.61. The van der Waals surface area contributed by atoms with Gasteiger partial charge in [0.15, 0.2) is 0 Å². The van der Waals surface area contributed by atoms with Crippen LogP contribution < -0.4 is 16.0 Å². The number of hydrogen-bond acceptors (Lipinski definition) is 3. The van der Waals surface area contributed by atoms with E-state index in [0.717, 1.165) is 50.4 Å².